The van der Waals surface area contributed by atoms with Gasteiger partial charge in [0.1, 0.15) is 0 Å². The van der Waals surface area contributed by atoms with Gasteiger partial charge < -0.3 is 0 Å². The number of aliphatic imine (C=N–C) groups is 1. The summed E-state index contributed by atoms with van der Waals surface area (Å²) in [5.41, 5.74) is 1.89. The Balaban J connectivity index is 2.89. The van der Waals surface area contributed by atoms with E-state index in [1.54, 1.807) is 6.20 Å². The molecular formula is C9H10N2O. The van der Waals surface area contributed by atoms with Gasteiger partial charge in [-0.3, -0.25) is 4.98 Å². The van der Waals surface area contributed by atoms with Gasteiger partial charge in [0.2, 0.25) is 6.08 Å². The first-order valence-corrected chi connectivity index (χ1v) is 3.73. The third kappa shape index (κ3) is 2.01. The van der Waals surface area contributed by atoms with Crippen molar-refractivity contribution in [3.05, 3.63) is 29.6 Å². The molecule has 1 heterocycles. The summed E-state index contributed by atoms with van der Waals surface area (Å²) in [5.74, 6) is 0. The van der Waals surface area contributed by atoms with Crippen LogP contribution in [-0.4, -0.2) is 11.1 Å². The molecule has 0 aliphatic rings. The van der Waals surface area contributed by atoms with E-state index >= 15 is 0 Å². The standard InChI is InChI=1S/C9H10N2O/c1-7-3-4-9(5-10-7)8(2)11-6-12/h3-5,8H,1-2H3. The average Bonchev–Trinajstić information content (AvgIpc) is 2.06. The van der Waals surface area contributed by atoms with E-state index in [-0.39, 0.29) is 6.04 Å². The summed E-state index contributed by atoms with van der Waals surface area (Å²) in [7, 11) is 0. The van der Waals surface area contributed by atoms with Crippen molar-refractivity contribution in [1.29, 1.82) is 0 Å². The Morgan fingerprint density at radius 2 is 2.33 bits per heavy atom. The zero-order valence-electron chi connectivity index (χ0n) is 7.11. The average molecular weight is 162 g/mol. The number of carbonyl (C=O) groups excluding carboxylic acids is 1. The summed E-state index contributed by atoms with van der Waals surface area (Å²) in [5, 5.41) is 0. The van der Waals surface area contributed by atoms with Crippen molar-refractivity contribution in [1.82, 2.24) is 4.98 Å². The molecule has 0 aliphatic carbocycles. The molecule has 1 atom stereocenters. The predicted molar refractivity (Wildman–Crippen MR) is 45.5 cm³/mol. The van der Waals surface area contributed by atoms with Gasteiger partial charge in [-0.1, -0.05) is 6.07 Å². The number of nitrogens with zero attached hydrogens (tertiary/aromatic N) is 2. The lowest BCUT2D eigenvalue weighted by atomic mass is 10.1. The van der Waals surface area contributed by atoms with Crippen LogP contribution in [0.25, 0.3) is 0 Å². The van der Waals surface area contributed by atoms with Crippen molar-refractivity contribution >= 4 is 6.08 Å². The molecule has 0 saturated carbocycles. The molecule has 0 fully saturated rings. The third-order valence-electron chi connectivity index (χ3n) is 1.66. The monoisotopic (exact) mass is 162 g/mol. The summed E-state index contributed by atoms with van der Waals surface area (Å²) >= 11 is 0. The molecule has 3 nitrogen and oxygen atoms in total. The van der Waals surface area contributed by atoms with Gasteiger partial charge in [0.15, 0.2) is 0 Å². The topological polar surface area (TPSA) is 42.3 Å². The van der Waals surface area contributed by atoms with Crippen LogP contribution < -0.4 is 0 Å². The molecule has 0 saturated heterocycles. The lowest BCUT2D eigenvalue weighted by Gasteiger charge is -2.02. The van der Waals surface area contributed by atoms with E-state index < -0.39 is 0 Å². The van der Waals surface area contributed by atoms with E-state index in [1.807, 2.05) is 26.0 Å². The van der Waals surface area contributed by atoms with Crippen molar-refractivity contribution in [2.75, 3.05) is 0 Å². The van der Waals surface area contributed by atoms with Gasteiger partial charge in [-0.05, 0) is 25.5 Å². The van der Waals surface area contributed by atoms with E-state index in [0.717, 1.165) is 11.3 Å². The van der Waals surface area contributed by atoms with Gasteiger partial charge in [-0.25, -0.2) is 4.79 Å². The van der Waals surface area contributed by atoms with Crippen LogP contribution in [0.15, 0.2) is 23.3 Å². The SMILES string of the molecule is Cc1ccc(C(C)N=C=O)cn1. The van der Waals surface area contributed by atoms with E-state index in [9.17, 15) is 4.79 Å². The molecule has 0 bridgehead atoms. The molecule has 1 aromatic rings. The molecule has 1 aromatic heterocycles. The molecule has 0 N–H and O–H groups in total. The molecule has 3 heteroatoms. The number of rotatable bonds is 2. The van der Waals surface area contributed by atoms with Crippen molar-refractivity contribution in [2.24, 2.45) is 4.99 Å². The second-order valence-corrected chi connectivity index (χ2v) is 2.63. The normalized spacial score (nSPS) is 11.8. The largest absolute Gasteiger partial charge is 0.261 e. The van der Waals surface area contributed by atoms with E-state index in [1.165, 1.54) is 6.08 Å². The van der Waals surface area contributed by atoms with Crippen LogP contribution in [0.2, 0.25) is 0 Å². The van der Waals surface area contributed by atoms with Crippen molar-refractivity contribution in [2.45, 2.75) is 19.9 Å². The molecule has 0 radical (unpaired) electrons. The van der Waals surface area contributed by atoms with Crippen molar-refractivity contribution in [3.8, 4) is 0 Å². The molecule has 1 unspecified atom stereocenters. The Morgan fingerprint density at radius 1 is 1.58 bits per heavy atom. The second kappa shape index (κ2) is 3.79. The minimum absolute atomic E-state index is 0.143. The van der Waals surface area contributed by atoms with E-state index in [0.29, 0.717) is 0 Å². The highest BCUT2D eigenvalue weighted by Gasteiger charge is 2.01. The first-order valence-electron chi connectivity index (χ1n) is 3.73. The van der Waals surface area contributed by atoms with Gasteiger partial charge in [-0.2, -0.15) is 4.99 Å². The molecule has 1 rings (SSSR count). The highest BCUT2D eigenvalue weighted by molar-refractivity contribution is 5.35. The Bertz CT molecular complexity index is 299. The summed E-state index contributed by atoms with van der Waals surface area (Å²) in [4.78, 5) is 17.6. The fourth-order valence-corrected chi connectivity index (χ4v) is 0.880. The maximum Gasteiger partial charge on any atom is 0.235 e. The smallest absolute Gasteiger partial charge is 0.235 e. The van der Waals surface area contributed by atoms with Crippen LogP contribution in [0.3, 0.4) is 0 Å². The lowest BCUT2D eigenvalue weighted by molar-refractivity contribution is 0.559. The van der Waals surface area contributed by atoms with Crippen molar-refractivity contribution in [3.63, 3.8) is 0 Å². The Kier molecular flexibility index (Phi) is 2.72. The summed E-state index contributed by atoms with van der Waals surface area (Å²) < 4.78 is 0. The number of aromatic nitrogens is 1. The van der Waals surface area contributed by atoms with Gasteiger partial charge in [0.05, 0.1) is 6.04 Å². The molecule has 0 amide bonds. The summed E-state index contributed by atoms with van der Waals surface area (Å²) in [6.45, 7) is 3.74. The first kappa shape index (κ1) is 8.62. The minimum Gasteiger partial charge on any atom is -0.261 e. The minimum atomic E-state index is -0.143. The maximum absolute atomic E-state index is 9.94. The second-order valence-electron chi connectivity index (χ2n) is 2.63. The van der Waals surface area contributed by atoms with E-state index in [4.69, 9.17) is 0 Å². The Labute approximate surface area is 71.2 Å². The zero-order chi connectivity index (χ0) is 8.97. The number of aryl methyl sites for hydroxylation is 1. The van der Waals surface area contributed by atoms with Crippen LogP contribution >= 0.6 is 0 Å². The molecule has 62 valence electrons. The number of hydrogen-bond donors (Lipinski definition) is 0. The molecule has 0 aromatic carbocycles. The number of isocyanates is 1. The molecule has 0 spiro atoms. The third-order valence-corrected chi connectivity index (χ3v) is 1.66. The molecular weight excluding hydrogens is 152 g/mol. The number of pyridine rings is 1. The van der Waals surface area contributed by atoms with Crippen LogP contribution in [0, 0.1) is 6.92 Å². The van der Waals surface area contributed by atoms with Gasteiger partial charge in [0, 0.05) is 11.9 Å². The van der Waals surface area contributed by atoms with Crippen molar-refractivity contribution < 1.29 is 4.79 Å². The zero-order valence-corrected chi connectivity index (χ0v) is 7.11. The molecule has 0 aliphatic heterocycles. The fraction of sp³-hybridized carbons (Fsp3) is 0.333. The highest BCUT2D eigenvalue weighted by atomic mass is 16.1. The Hall–Kier alpha value is -1.47. The predicted octanol–water partition coefficient (Wildman–Crippen LogP) is 1.79. The van der Waals surface area contributed by atoms with Crippen LogP contribution in [0.1, 0.15) is 24.2 Å². The lowest BCUT2D eigenvalue weighted by Crippen LogP contribution is -1.90. The van der Waals surface area contributed by atoms with Crippen LogP contribution in [-0.2, 0) is 4.79 Å². The Morgan fingerprint density at radius 3 is 2.83 bits per heavy atom. The van der Waals surface area contributed by atoms with Gasteiger partial charge >= 0.3 is 0 Å². The molecule has 12 heavy (non-hydrogen) atoms. The maximum atomic E-state index is 9.94. The summed E-state index contributed by atoms with van der Waals surface area (Å²) in [6, 6.07) is 3.66. The quantitative estimate of drug-likeness (QED) is 0.491. The van der Waals surface area contributed by atoms with Gasteiger partial charge in [-0.15, -0.1) is 0 Å². The van der Waals surface area contributed by atoms with Crippen LogP contribution in [0.4, 0.5) is 0 Å². The first-order chi connectivity index (χ1) is 5.74. The number of hydrogen-bond acceptors (Lipinski definition) is 3. The van der Waals surface area contributed by atoms with Gasteiger partial charge in [0.25, 0.3) is 0 Å². The highest BCUT2D eigenvalue weighted by Crippen LogP contribution is 2.14. The van der Waals surface area contributed by atoms with E-state index in [2.05, 4.69) is 9.98 Å². The fourth-order valence-electron chi connectivity index (χ4n) is 0.880. The van der Waals surface area contributed by atoms with Crippen LogP contribution in [0.5, 0.6) is 0 Å². The summed E-state index contributed by atoms with van der Waals surface area (Å²) in [6.07, 6.45) is 3.25.